The molecule has 0 radical (unpaired) electrons. The molecule has 0 saturated carbocycles. The summed E-state index contributed by atoms with van der Waals surface area (Å²) in [6.07, 6.45) is 3.97. The molecule has 0 amide bonds. The van der Waals surface area contributed by atoms with Gasteiger partial charge in [0.2, 0.25) is 0 Å². The SMILES string of the molecule is CCCO[Si](OCCC)(OCCC)C(C)CN=C(C)CC(C)C. The molecule has 0 aromatic carbocycles. The molecule has 0 aliphatic rings. The first-order valence-corrected chi connectivity index (χ1v) is 11.1. The van der Waals surface area contributed by atoms with Gasteiger partial charge < -0.3 is 13.3 Å². The Labute approximate surface area is 145 Å². The van der Waals surface area contributed by atoms with Gasteiger partial charge in [-0.25, -0.2) is 0 Å². The summed E-state index contributed by atoms with van der Waals surface area (Å²) < 4.78 is 18.6. The molecule has 0 heterocycles. The second-order valence-electron chi connectivity index (χ2n) is 6.72. The second kappa shape index (κ2) is 13.1. The summed E-state index contributed by atoms with van der Waals surface area (Å²) in [5, 5.41) is 0. The molecule has 0 rings (SSSR count). The van der Waals surface area contributed by atoms with Crippen LogP contribution in [0.25, 0.3) is 0 Å². The van der Waals surface area contributed by atoms with Crippen LogP contribution >= 0.6 is 0 Å². The molecule has 4 nitrogen and oxygen atoms in total. The zero-order valence-electron chi connectivity index (χ0n) is 16.5. The highest BCUT2D eigenvalue weighted by Gasteiger charge is 2.47. The summed E-state index contributed by atoms with van der Waals surface area (Å²) in [5.74, 6) is 0.639. The molecule has 0 saturated heterocycles. The largest absolute Gasteiger partial charge is 0.505 e. The van der Waals surface area contributed by atoms with Crippen molar-refractivity contribution in [1.82, 2.24) is 0 Å². The fraction of sp³-hybridized carbons (Fsp3) is 0.944. The number of nitrogens with zero attached hydrogens (tertiary/aromatic N) is 1. The molecule has 0 aliphatic heterocycles. The van der Waals surface area contributed by atoms with E-state index < -0.39 is 8.80 Å². The molecule has 23 heavy (non-hydrogen) atoms. The Kier molecular flexibility index (Phi) is 13.0. The van der Waals surface area contributed by atoms with E-state index >= 15 is 0 Å². The molecule has 0 aliphatic carbocycles. The van der Waals surface area contributed by atoms with E-state index in [4.69, 9.17) is 18.3 Å². The van der Waals surface area contributed by atoms with Gasteiger partial charge >= 0.3 is 8.80 Å². The second-order valence-corrected chi connectivity index (χ2v) is 9.78. The van der Waals surface area contributed by atoms with Crippen molar-refractivity contribution in [3.63, 3.8) is 0 Å². The van der Waals surface area contributed by atoms with E-state index in [1.54, 1.807) is 0 Å². The van der Waals surface area contributed by atoms with Crippen LogP contribution in [-0.2, 0) is 13.3 Å². The van der Waals surface area contributed by atoms with E-state index in [0.29, 0.717) is 25.7 Å². The van der Waals surface area contributed by atoms with Crippen LogP contribution in [-0.4, -0.2) is 40.9 Å². The molecule has 0 aromatic rings. The van der Waals surface area contributed by atoms with Crippen LogP contribution in [0.3, 0.4) is 0 Å². The van der Waals surface area contributed by atoms with Gasteiger partial charge in [0, 0.05) is 37.6 Å². The van der Waals surface area contributed by atoms with E-state index in [2.05, 4.69) is 48.5 Å². The first kappa shape index (κ1) is 22.8. The van der Waals surface area contributed by atoms with Crippen LogP contribution in [0.15, 0.2) is 4.99 Å². The molecule has 5 heteroatoms. The van der Waals surface area contributed by atoms with E-state index in [-0.39, 0.29) is 5.54 Å². The van der Waals surface area contributed by atoms with Gasteiger partial charge in [0.15, 0.2) is 0 Å². The average Bonchev–Trinajstić information content (AvgIpc) is 2.51. The van der Waals surface area contributed by atoms with Crippen molar-refractivity contribution in [3.05, 3.63) is 0 Å². The zero-order chi connectivity index (χ0) is 17.7. The van der Waals surface area contributed by atoms with Gasteiger partial charge in [0.05, 0.1) is 0 Å². The highest BCUT2D eigenvalue weighted by Crippen LogP contribution is 2.27. The van der Waals surface area contributed by atoms with Crippen molar-refractivity contribution in [1.29, 1.82) is 0 Å². The zero-order valence-corrected chi connectivity index (χ0v) is 17.5. The van der Waals surface area contributed by atoms with E-state index in [1.165, 1.54) is 5.71 Å². The third-order valence-electron chi connectivity index (χ3n) is 3.46. The van der Waals surface area contributed by atoms with Gasteiger partial charge in [-0.1, -0.05) is 41.5 Å². The predicted octanol–water partition coefficient (Wildman–Crippen LogP) is 5.10. The first-order chi connectivity index (χ1) is 10.9. The summed E-state index contributed by atoms with van der Waals surface area (Å²) >= 11 is 0. The smallest absolute Gasteiger partial charge is 0.373 e. The molecule has 0 N–H and O–H groups in total. The lowest BCUT2D eigenvalue weighted by molar-refractivity contribution is 0.0516. The number of hydrogen-bond acceptors (Lipinski definition) is 4. The van der Waals surface area contributed by atoms with E-state index in [0.717, 1.165) is 32.2 Å². The summed E-state index contributed by atoms with van der Waals surface area (Å²) in [6, 6.07) is 0. The predicted molar refractivity (Wildman–Crippen MR) is 101 cm³/mol. The minimum atomic E-state index is -2.68. The molecule has 0 aromatic heterocycles. The Bertz CT molecular complexity index is 300. The van der Waals surface area contributed by atoms with Crippen LogP contribution in [0.1, 0.15) is 74.1 Å². The van der Waals surface area contributed by atoms with Crippen LogP contribution in [0.2, 0.25) is 5.54 Å². The molecular formula is C18H39NO3Si. The average molecular weight is 346 g/mol. The van der Waals surface area contributed by atoms with Crippen molar-refractivity contribution < 1.29 is 13.3 Å². The molecule has 0 fully saturated rings. The summed E-state index contributed by atoms with van der Waals surface area (Å²) in [7, 11) is -2.68. The van der Waals surface area contributed by atoms with Crippen LogP contribution in [0, 0.1) is 5.92 Å². The van der Waals surface area contributed by atoms with E-state index in [1.807, 2.05) is 0 Å². The molecule has 0 bridgehead atoms. The van der Waals surface area contributed by atoms with Crippen molar-refractivity contribution >= 4 is 14.5 Å². The van der Waals surface area contributed by atoms with E-state index in [9.17, 15) is 0 Å². The Balaban J connectivity index is 5.01. The van der Waals surface area contributed by atoms with Crippen molar-refractivity contribution in [3.8, 4) is 0 Å². The fourth-order valence-electron chi connectivity index (χ4n) is 2.34. The molecular weight excluding hydrogens is 306 g/mol. The van der Waals surface area contributed by atoms with Crippen molar-refractivity contribution in [2.75, 3.05) is 26.4 Å². The Morgan fingerprint density at radius 1 is 0.870 bits per heavy atom. The van der Waals surface area contributed by atoms with Gasteiger partial charge in [0.25, 0.3) is 0 Å². The maximum Gasteiger partial charge on any atom is 0.505 e. The number of hydrogen-bond donors (Lipinski definition) is 0. The highest BCUT2D eigenvalue weighted by atomic mass is 28.4. The third-order valence-corrected chi connectivity index (χ3v) is 6.67. The van der Waals surface area contributed by atoms with Gasteiger partial charge in [-0.05, 0) is 38.5 Å². The van der Waals surface area contributed by atoms with Crippen LogP contribution in [0.4, 0.5) is 0 Å². The molecule has 1 atom stereocenters. The minimum Gasteiger partial charge on any atom is -0.373 e. The van der Waals surface area contributed by atoms with Crippen LogP contribution in [0.5, 0.6) is 0 Å². The van der Waals surface area contributed by atoms with Gasteiger partial charge in [-0.3, -0.25) is 4.99 Å². The maximum absolute atomic E-state index is 6.18. The Morgan fingerprint density at radius 2 is 1.30 bits per heavy atom. The van der Waals surface area contributed by atoms with Gasteiger partial charge in [-0.2, -0.15) is 0 Å². The van der Waals surface area contributed by atoms with Crippen molar-refractivity contribution in [2.24, 2.45) is 10.9 Å². The topological polar surface area (TPSA) is 40.0 Å². The quantitative estimate of drug-likeness (QED) is 0.325. The van der Waals surface area contributed by atoms with Gasteiger partial charge in [0.1, 0.15) is 0 Å². The van der Waals surface area contributed by atoms with Crippen molar-refractivity contribution in [2.45, 2.75) is 79.7 Å². The number of rotatable bonds is 14. The lowest BCUT2D eigenvalue weighted by Crippen LogP contribution is -2.51. The lowest BCUT2D eigenvalue weighted by atomic mass is 10.1. The lowest BCUT2D eigenvalue weighted by Gasteiger charge is -2.33. The Hall–Kier alpha value is -0.233. The summed E-state index contributed by atoms with van der Waals surface area (Å²) in [6.45, 7) is 17.9. The molecule has 138 valence electrons. The van der Waals surface area contributed by atoms with Gasteiger partial charge in [-0.15, -0.1) is 0 Å². The molecule has 0 spiro atoms. The summed E-state index contributed by atoms with van der Waals surface area (Å²) in [5.41, 5.74) is 1.39. The Morgan fingerprint density at radius 3 is 1.65 bits per heavy atom. The first-order valence-electron chi connectivity index (χ1n) is 9.33. The molecule has 1 unspecified atom stereocenters. The highest BCUT2D eigenvalue weighted by molar-refractivity contribution is 6.62. The summed E-state index contributed by atoms with van der Waals surface area (Å²) in [4.78, 5) is 4.77. The standard InChI is InChI=1S/C18H39NO3Si/c1-8-11-20-23(21-12-9-2,22-13-10-3)18(7)15-19-17(6)14-16(4)5/h16,18H,8-15H2,1-7H3. The number of aliphatic imine (C=N–C) groups is 1. The van der Waals surface area contributed by atoms with Crippen LogP contribution < -0.4 is 0 Å². The monoisotopic (exact) mass is 345 g/mol. The minimum absolute atomic E-state index is 0.189. The third kappa shape index (κ3) is 9.60. The normalized spacial score (nSPS) is 14.5. The maximum atomic E-state index is 6.18. The fourth-order valence-corrected chi connectivity index (χ4v) is 5.23.